The van der Waals surface area contributed by atoms with E-state index in [1.807, 2.05) is 6.07 Å². The highest BCUT2D eigenvalue weighted by Crippen LogP contribution is 2.43. The number of benzene rings is 3. The van der Waals surface area contributed by atoms with E-state index in [1.165, 1.54) is 44.3 Å². The summed E-state index contributed by atoms with van der Waals surface area (Å²) in [6.07, 6.45) is 7.50. The fourth-order valence-electron chi connectivity index (χ4n) is 4.85. The second-order valence-electron chi connectivity index (χ2n) is 7.97. The quantitative estimate of drug-likeness (QED) is 0.320. The molecule has 0 fully saturated rings. The van der Waals surface area contributed by atoms with Gasteiger partial charge < -0.3 is 4.42 Å². The van der Waals surface area contributed by atoms with Crippen LogP contribution in [-0.4, -0.2) is 6.72 Å². The maximum atomic E-state index is 6.22. The molecule has 0 amide bonds. The van der Waals surface area contributed by atoms with Crippen molar-refractivity contribution in [2.24, 2.45) is 4.99 Å². The van der Waals surface area contributed by atoms with E-state index < -0.39 is 0 Å². The van der Waals surface area contributed by atoms with Crippen LogP contribution >= 0.6 is 0 Å². The second-order valence-corrected chi connectivity index (χ2v) is 7.97. The first kappa shape index (κ1) is 16.6. The molecule has 0 radical (unpaired) electrons. The molecule has 2 aliphatic carbocycles. The molecular weight excluding hydrogens is 354 g/mol. The Morgan fingerprint density at radius 1 is 0.897 bits per heavy atom. The minimum Gasteiger partial charge on any atom is -0.460 e. The van der Waals surface area contributed by atoms with Gasteiger partial charge in [-0.1, -0.05) is 54.6 Å². The van der Waals surface area contributed by atoms with Crippen molar-refractivity contribution in [3.05, 3.63) is 100 Å². The first-order chi connectivity index (χ1) is 14.3. The number of fused-ring (bicyclic) bond motifs is 6. The Morgan fingerprint density at radius 3 is 2.62 bits per heavy atom. The summed E-state index contributed by atoms with van der Waals surface area (Å²) in [7, 11) is 0. The molecule has 1 atom stereocenters. The van der Waals surface area contributed by atoms with Crippen LogP contribution < -0.4 is 0 Å². The van der Waals surface area contributed by atoms with E-state index in [4.69, 9.17) is 4.42 Å². The first-order valence-electron chi connectivity index (χ1n) is 10.2. The summed E-state index contributed by atoms with van der Waals surface area (Å²) in [5, 5.41) is 1.25. The molecule has 0 aliphatic heterocycles. The lowest BCUT2D eigenvalue weighted by Gasteiger charge is -2.14. The van der Waals surface area contributed by atoms with Gasteiger partial charge in [0.2, 0.25) is 0 Å². The minimum absolute atomic E-state index is 0.0460. The number of aliphatic imine (C=N–C) groups is 1. The van der Waals surface area contributed by atoms with Gasteiger partial charge in [-0.25, -0.2) is 0 Å². The molecule has 0 N–H and O–H groups in total. The van der Waals surface area contributed by atoms with Gasteiger partial charge >= 0.3 is 0 Å². The van der Waals surface area contributed by atoms with E-state index in [0.717, 1.165) is 30.6 Å². The average Bonchev–Trinajstić information content (AvgIpc) is 3.30. The van der Waals surface area contributed by atoms with Crippen molar-refractivity contribution in [3.63, 3.8) is 0 Å². The number of furan rings is 1. The van der Waals surface area contributed by atoms with E-state index in [9.17, 15) is 0 Å². The van der Waals surface area contributed by atoms with E-state index in [2.05, 4.69) is 78.5 Å². The Morgan fingerprint density at radius 2 is 1.76 bits per heavy atom. The highest BCUT2D eigenvalue weighted by molar-refractivity contribution is 5.95. The van der Waals surface area contributed by atoms with Gasteiger partial charge in [0, 0.05) is 17.4 Å². The third kappa shape index (κ3) is 2.52. The van der Waals surface area contributed by atoms with Gasteiger partial charge in [0.1, 0.15) is 11.3 Å². The van der Waals surface area contributed by atoms with Crippen LogP contribution in [0.4, 0.5) is 0 Å². The zero-order valence-electron chi connectivity index (χ0n) is 16.2. The summed E-state index contributed by atoms with van der Waals surface area (Å²) in [5.74, 6) is 1.13. The van der Waals surface area contributed by atoms with Crippen molar-refractivity contribution in [2.75, 3.05) is 0 Å². The van der Waals surface area contributed by atoms with Crippen LogP contribution in [0, 0.1) is 0 Å². The molecule has 2 aliphatic rings. The molecule has 0 bridgehead atoms. The fraction of sp³-hybridized carbons (Fsp3) is 0.148. The van der Waals surface area contributed by atoms with Crippen molar-refractivity contribution in [1.82, 2.24) is 0 Å². The number of aryl methyl sites for hydroxylation is 1. The number of rotatable bonds is 3. The molecule has 3 aromatic carbocycles. The third-order valence-electron chi connectivity index (χ3n) is 6.27. The summed E-state index contributed by atoms with van der Waals surface area (Å²) in [6.45, 7) is 3.86. The molecule has 6 rings (SSSR count). The van der Waals surface area contributed by atoms with Crippen LogP contribution in [0.25, 0.3) is 28.2 Å². The second kappa shape index (κ2) is 6.31. The normalized spacial score (nSPS) is 15.0. The molecule has 2 nitrogen and oxygen atoms in total. The molecular formula is C27H21NO. The van der Waals surface area contributed by atoms with Crippen LogP contribution in [0.2, 0.25) is 0 Å². The van der Waals surface area contributed by atoms with Crippen LogP contribution in [0.15, 0.2) is 76.1 Å². The summed E-state index contributed by atoms with van der Waals surface area (Å²) >= 11 is 0. The Hall–Kier alpha value is -3.39. The fourth-order valence-corrected chi connectivity index (χ4v) is 4.85. The van der Waals surface area contributed by atoms with Crippen LogP contribution in [0.5, 0.6) is 0 Å². The Bertz CT molecular complexity index is 1290. The van der Waals surface area contributed by atoms with E-state index in [-0.39, 0.29) is 6.04 Å². The topological polar surface area (TPSA) is 25.5 Å². The van der Waals surface area contributed by atoms with Crippen molar-refractivity contribution in [2.45, 2.75) is 25.3 Å². The lowest BCUT2D eigenvalue weighted by molar-refractivity contribution is 0.546. The number of allylic oxidation sites excluding steroid dienone is 1. The summed E-state index contributed by atoms with van der Waals surface area (Å²) in [5.41, 5.74) is 9.97. The maximum Gasteiger partial charge on any atom is 0.135 e. The number of hydrogen-bond acceptors (Lipinski definition) is 2. The molecule has 1 heterocycles. The van der Waals surface area contributed by atoms with Gasteiger partial charge in [-0.2, -0.15) is 0 Å². The SMILES string of the molecule is C=NC(c1ccccc1)c1ccc2c(c1)-c1cc3oc4c(c3cc1C2)C=CCC4. The molecule has 0 saturated carbocycles. The number of nitrogens with zero attached hydrogens (tertiary/aromatic N) is 1. The van der Waals surface area contributed by atoms with E-state index in [0.29, 0.717) is 0 Å². The van der Waals surface area contributed by atoms with Crippen molar-refractivity contribution >= 4 is 23.8 Å². The Labute approximate surface area is 170 Å². The summed E-state index contributed by atoms with van der Waals surface area (Å²) in [6, 6.07) is 21.7. The smallest absolute Gasteiger partial charge is 0.135 e. The number of hydrogen-bond donors (Lipinski definition) is 0. The van der Waals surface area contributed by atoms with Gasteiger partial charge in [0.25, 0.3) is 0 Å². The first-order valence-corrected chi connectivity index (χ1v) is 10.2. The minimum atomic E-state index is -0.0460. The lowest BCUT2D eigenvalue weighted by atomic mass is 9.95. The van der Waals surface area contributed by atoms with Crippen LogP contribution in [-0.2, 0) is 12.8 Å². The standard InChI is InChI=1S/C27H21NO/c1-28-27(17-7-3-2-4-8-17)19-12-11-18-13-20-15-24-21-9-5-6-10-25(21)29-26(24)16-23(20)22(18)14-19/h2-5,7-9,11-12,14-16,27H,1,6,10,13H2. The molecule has 4 aromatic rings. The van der Waals surface area contributed by atoms with Crippen molar-refractivity contribution in [1.29, 1.82) is 0 Å². The lowest BCUT2D eigenvalue weighted by Crippen LogP contribution is -1.98. The Balaban J connectivity index is 1.48. The molecule has 140 valence electrons. The van der Waals surface area contributed by atoms with E-state index >= 15 is 0 Å². The summed E-state index contributed by atoms with van der Waals surface area (Å²) < 4.78 is 6.22. The van der Waals surface area contributed by atoms with E-state index in [1.54, 1.807) is 0 Å². The molecule has 0 saturated heterocycles. The predicted molar refractivity (Wildman–Crippen MR) is 120 cm³/mol. The van der Waals surface area contributed by atoms with Gasteiger partial charge in [-0.05, 0) is 71.1 Å². The highest BCUT2D eigenvalue weighted by Gasteiger charge is 2.24. The largest absolute Gasteiger partial charge is 0.460 e. The summed E-state index contributed by atoms with van der Waals surface area (Å²) in [4.78, 5) is 4.43. The van der Waals surface area contributed by atoms with Crippen LogP contribution in [0.1, 0.15) is 46.0 Å². The molecule has 29 heavy (non-hydrogen) atoms. The maximum absolute atomic E-state index is 6.22. The highest BCUT2D eigenvalue weighted by atomic mass is 16.3. The molecule has 1 unspecified atom stereocenters. The van der Waals surface area contributed by atoms with Crippen LogP contribution in [0.3, 0.4) is 0 Å². The predicted octanol–water partition coefficient (Wildman–Crippen LogP) is 6.75. The molecule has 0 spiro atoms. The van der Waals surface area contributed by atoms with Gasteiger partial charge in [0.15, 0.2) is 0 Å². The zero-order chi connectivity index (χ0) is 19.4. The zero-order valence-corrected chi connectivity index (χ0v) is 16.2. The Kier molecular flexibility index (Phi) is 3.60. The monoisotopic (exact) mass is 375 g/mol. The van der Waals surface area contributed by atoms with Crippen molar-refractivity contribution < 1.29 is 4.42 Å². The van der Waals surface area contributed by atoms with Gasteiger partial charge in [-0.15, -0.1) is 0 Å². The van der Waals surface area contributed by atoms with Gasteiger partial charge in [-0.3, -0.25) is 4.99 Å². The van der Waals surface area contributed by atoms with Gasteiger partial charge in [0.05, 0.1) is 6.04 Å². The molecule has 1 aromatic heterocycles. The van der Waals surface area contributed by atoms with Crippen molar-refractivity contribution in [3.8, 4) is 11.1 Å². The third-order valence-corrected chi connectivity index (χ3v) is 6.27. The average molecular weight is 375 g/mol. The molecule has 2 heteroatoms.